The minimum atomic E-state index is -0.668. The van der Waals surface area contributed by atoms with Crippen molar-refractivity contribution in [1.29, 1.82) is 0 Å². The zero-order chi connectivity index (χ0) is 29.5. The van der Waals surface area contributed by atoms with Crippen molar-refractivity contribution in [2.45, 2.75) is 20.5 Å². The number of likely N-dealkylation sites (N-methyl/N-ethyl adjacent to an activating group) is 1. The van der Waals surface area contributed by atoms with Crippen molar-refractivity contribution in [1.82, 2.24) is 10.3 Å². The third-order valence-corrected chi connectivity index (χ3v) is 6.94. The Kier molecular flexibility index (Phi) is 11.4. The van der Waals surface area contributed by atoms with E-state index in [4.69, 9.17) is 32.7 Å². The van der Waals surface area contributed by atoms with Crippen molar-refractivity contribution in [3.05, 3.63) is 93.6 Å². The fraction of sp³-hybridized carbons (Fsp3) is 0.200. The van der Waals surface area contributed by atoms with Gasteiger partial charge in [-0.15, -0.1) is 12.4 Å². The zero-order valence-corrected chi connectivity index (χ0v) is 25.4. The van der Waals surface area contributed by atoms with Crippen LogP contribution in [0.5, 0.6) is 5.75 Å². The number of pyridine rings is 1. The van der Waals surface area contributed by atoms with E-state index in [2.05, 4.69) is 15.6 Å². The van der Waals surface area contributed by atoms with Crippen LogP contribution < -0.4 is 20.3 Å². The van der Waals surface area contributed by atoms with E-state index in [1.165, 1.54) is 18.0 Å². The number of nitrogens with one attached hydrogen (secondary N) is 2. The molecule has 0 bridgehead atoms. The van der Waals surface area contributed by atoms with Crippen molar-refractivity contribution in [3.63, 3.8) is 0 Å². The van der Waals surface area contributed by atoms with Crippen molar-refractivity contribution < 1.29 is 23.9 Å². The molecule has 0 aliphatic rings. The van der Waals surface area contributed by atoms with Crippen LogP contribution >= 0.6 is 35.6 Å². The molecule has 0 fully saturated rings. The van der Waals surface area contributed by atoms with E-state index >= 15 is 0 Å². The number of aryl methyl sites for hydroxylation is 1. The van der Waals surface area contributed by atoms with Crippen molar-refractivity contribution >= 4 is 75.8 Å². The van der Waals surface area contributed by atoms with Crippen molar-refractivity contribution in [2.24, 2.45) is 0 Å². The molecular weight excluding hydrogens is 603 g/mol. The van der Waals surface area contributed by atoms with E-state index in [1.54, 1.807) is 37.3 Å². The molecule has 0 saturated carbocycles. The predicted molar refractivity (Wildman–Crippen MR) is 167 cm³/mol. The monoisotopic (exact) mass is 630 g/mol. The number of para-hydroxylation sites is 2. The highest BCUT2D eigenvalue weighted by Crippen LogP contribution is 2.35. The van der Waals surface area contributed by atoms with E-state index in [1.807, 2.05) is 37.3 Å². The van der Waals surface area contributed by atoms with Crippen LogP contribution in [0, 0.1) is 6.92 Å². The minimum Gasteiger partial charge on any atom is -0.487 e. The van der Waals surface area contributed by atoms with E-state index < -0.39 is 17.9 Å². The predicted octanol–water partition coefficient (Wildman–Crippen LogP) is 6.81. The molecule has 4 rings (SSSR count). The van der Waals surface area contributed by atoms with Crippen molar-refractivity contribution in [2.75, 3.05) is 30.4 Å². The second-order valence-electron chi connectivity index (χ2n) is 8.95. The van der Waals surface area contributed by atoms with Crippen LogP contribution in [0.15, 0.2) is 66.7 Å². The average molecular weight is 632 g/mol. The third-order valence-electron chi connectivity index (χ3n) is 6.17. The Bertz CT molecular complexity index is 1620. The normalized spacial score (nSPS) is 10.4. The van der Waals surface area contributed by atoms with Gasteiger partial charge in [-0.2, -0.15) is 0 Å². The summed E-state index contributed by atoms with van der Waals surface area (Å²) < 4.78 is 11.1. The SMILES string of the molecule is CCOC(=O)c1ccccc1NC(=O)NCC(=O)N(C)c1ccc(Cl)c(COc2cccc3ccc(C)nc23)c1Cl.Cl. The highest BCUT2D eigenvalue weighted by atomic mass is 35.5. The van der Waals surface area contributed by atoms with Crippen molar-refractivity contribution in [3.8, 4) is 5.75 Å². The number of carbonyl (C=O) groups excluding carboxylic acids is 3. The van der Waals surface area contributed by atoms with Gasteiger partial charge in [0, 0.05) is 28.7 Å². The maximum Gasteiger partial charge on any atom is 0.340 e. The molecule has 0 unspecified atom stereocenters. The van der Waals surface area contributed by atoms with E-state index in [0.717, 1.165) is 16.6 Å². The number of hydrogen-bond donors (Lipinski definition) is 2. The summed E-state index contributed by atoms with van der Waals surface area (Å²) in [6.07, 6.45) is 0. The lowest BCUT2D eigenvalue weighted by Gasteiger charge is -2.21. The van der Waals surface area contributed by atoms with Gasteiger partial charge in [-0.05, 0) is 50.2 Å². The lowest BCUT2D eigenvalue weighted by atomic mass is 10.1. The Morgan fingerprint density at radius 1 is 0.976 bits per heavy atom. The maximum absolute atomic E-state index is 12.9. The number of carbonyl (C=O) groups is 3. The number of urea groups is 1. The Balaban J connectivity index is 0.00000484. The van der Waals surface area contributed by atoms with Gasteiger partial charge >= 0.3 is 12.0 Å². The summed E-state index contributed by atoms with van der Waals surface area (Å²) in [4.78, 5) is 43.5. The first kappa shape index (κ1) is 32.5. The van der Waals surface area contributed by atoms with Gasteiger partial charge in [0.15, 0.2) is 0 Å². The van der Waals surface area contributed by atoms with Crippen LogP contribution in [0.4, 0.5) is 16.2 Å². The summed E-state index contributed by atoms with van der Waals surface area (Å²) in [6.45, 7) is 3.50. The topological polar surface area (TPSA) is 110 Å². The molecule has 0 radical (unpaired) electrons. The molecule has 0 aliphatic heterocycles. The van der Waals surface area contributed by atoms with Gasteiger partial charge in [0.25, 0.3) is 0 Å². The van der Waals surface area contributed by atoms with E-state index in [0.29, 0.717) is 22.0 Å². The Labute approximate surface area is 259 Å². The molecule has 3 amide bonds. The average Bonchev–Trinajstić information content (AvgIpc) is 2.96. The number of halogens is 3. The lowest BCUT2D eigenvalue weighted by molar-refractivity contribution is -0.117. The lowest BCUT2D eigenvalue weighted by Crippen LogP contribution is -2.40. The van der Waals surface area contributed by atoms with Crippen LogP contribution in [-0.4, -0.2) is 43.1 Å². The molecular formula is C30H29Cl3N4O5. The number of benzene rings is 3. The van der Waals surface area contributed by atoms with Crippen LogP contribution in [-0.2, 0) is 16.1 Å². The number of amides is 3. The number of aromatic nitrogens is 1. The van der Waals surface area contributed by atoms with Gasteiger partial charge in [-0.3, -0.25) is 4.79 Å². The van der Waals surface area contributed by atoms with Gasteiger partial charge in [0.2, 0.25) is 5.91 Å². The van der Waals surface area contributed by atoms with Gasteiger partial charge < -0.3 is 25.0 Å². The van der Waals surface area contributed by atoms with Crippen LogP contribution in [0.25, 0.3) is 10.9 Å². The number of rotatable bonds is 9. The largest absolute Gasteiger partial charge is 0.487 e. The molecule has 1 heterocycles. The van der Waals surface area contributed by atoms with E-state index in [-0.39, 0.29) is 48.4 Å². The molecule has 9 nitrogen and oxygen atoms in total. The maximum atomic E-state index is 12.9. The third kappa shape index (κ3) is 7.61. The molecule has 3 aromatic carbocycles. The molecule has 42 heavy (non-hydrogen) atoms. The van der Waals surface area contributed by atoms with Gasteiger partial charge in [-0.25, -0.2) is 14.6 Å². The summed E-state index contributed by atoms with van der Waals surface area (Å²) in [6, 6.07) is 18.5. The fourth-order valence-electron chi connectivity index (χ4n) is 4.01. The second-order valence-corrected chi connectivity index (χ2v) is 9.74. The second kappa shape index (κ2) is 14.7. The highest BCUT2D eigenvalue weighted by molar-refractivity contribution is 6.38. The molecule has 2 N–H and O–H groups in total. The quantitative estimate of drug-likeness (QED) is 0.196. The standard InChI is InChI=1S/C30H28Cl2N4O5.ClH/c1-4-40-29(38)20-9-5-6-10-23(20)35-30(39)33-16-26(37)36(3)24-15-14-22(31)21(27(24)32)17-41-25-11-7-8-19-13-12-18(2)34-28(19)25;/h5-15H,4,16-17H2,1-3H3,(H2,33,35,39);1H. The van der Waals surface area contributed by atoms with Crippen LogP contribution in [0.2, 0.25) is 10.0 Å². The van der Waals surface area contributed by atoms with Gasteiger partial charge in [0.05, 0.1) is 35.1 Å². The first-order valence-corrected chi connectivity index (χ1v) is 13.5. The summed E-state index contributed by atoms with van der Waals surface area (Å²) in [5, 5.41) is 6.63. The number of hydrogen-bond acceptors (Lipinski definition) is 6. The van der Waals surface area contributed by atoms with Crippen LogP contribution in [0.1, 0.15) is 28.5 Å². The highest BCUT2D eigenvalue weighted by Gasteiger charge is 2.20. The Hall–Kier alpha value is -4.05. The number of ether oxygens (including phenoxy) is 2. The first-order chi connectivity index (χ1) is 19.7. The molecule has 12 heteroatoms. The van der Waals surface area contributed by atoms with E-state index in [9.17, 15) is 14.4 Å². The molecule has 220 valence electrons. The Morgan fingerprint density at radius 2 is 1.74 bits per heavy atom. The Morgan fingerprint density at radius 3 is 2.50 bits per heavy atom. The summed E-state index contributed by atoms with van der Waals surface area (Å²) in [5.74, 6) is -0.431. The summed E-state index contributed by atoms with van der Waals surface area (Å²) >= 11 is 13.1. The fourth-order valence-corrected chi connectivity index (χ4v) is 4.62. The molecule has 4 aromatic rings. The molecule has 0 spiro atoms. The molecule has 0 saturated heterocycles. The molecule has 1 aromatic heterocycles. The smallest absolute Gasteiger partial charge is 0.340 e. The van der Waals surface area contributed by atoms with Gasteiger partial charge in [0.1, 0.15) is 17.9 Å². The van der Waals surface area contributed by atoms with Gasteiger partial charge in [-0.1, -0.05) is 53.5 Å². The summed E-state index contributed by atoms with van der Waals surface area (Å²) in [7, 11) is 1.54. The molecule has 0 aliphatic carbocycles. The molecule has 0 atom stereocenters. The van der Waals surface area contributed by atoms with Crippen LogP contribution in [0.3, 0.4) is 0 Å². The number of anilines is 2. The minimum absolute atomic E-state index is 0. The first-order valence-electron chi connectivity index (χ1n) is 12.7. The number of esters is 1. The number of fused-ring (bicyclic) bond motifs is 1. The summed E-state index contributed by atoms with van der Waals surface area (Å²) in [5.41, 5.74) is 2.92. The zero-order valence-electron chi connectivity index (χ0n) is 23.1. The number of nitrogens with zero attached hydrogens (tertiary/aromatic N) is 2.